The summed E-state index contributed by atoms with van der Waals surface area (Å²) in [5.41, 5.74) is 4.70. The highest BCUT2D eigenvalue weighted by Crippen LogP contribution is 2.32. The molecule has 5 rings (SSSR count). The van der Waals surface area contributed by atoms with Crippen molar-refractivity contribution < 1.29 is 9.59 Å². The SMILES string of the molecule is Cn1c(-c2ccccc2)c(/C=N\N2C(=O)c3ccccc3C2=O)c2ccccc21. The molecule has 0 spiro atoms. The summed E-state index contributed by atoms with van der Waals surface area (Å²) >= 11 is 0. The molecule has 0 fully saturated rings. The maximum absolute atomic E-state index is 12.6. The molecular weight excluding hydrogens is 362 g/mol. The van der Waals surface area contributed by atoms with Crippen LogP contribution in [0.2, 0.25) is 0 Å². The van der Waals surface area contributed by atoms with E-state index in [1.54, 1.807) is 30.5 Å². The lowest BCUT2D eigenvalue weighted by Crippen LogP contribution is -2.24. The van der Waals surface area contributed by atoms with Crippen molar-refractivity contribution in [2.75, 3.05) is 0 Å². The van der Waals surface area contributed by atoms with Crippen molar-refractivity contribution in [2.24, 2.45) is 12.1 Å². The van der Waals surface area contributed by atoms with E-state index in [2.05, 4.69) is 9.67 Å². The van der Waals surface area contributed by atoms with E-state index in [-0.39, 0.29) is 0 Å². The van der Waals surface area contributed by atoms with Crippen molar-refractivity contribution in [3.05, 3.63) is 95.6 Å². The predicted octanol–water partition coefficient (Wildman–Crippen LogP) is 4.48. The third kappa shape index (κ3) is 2.59. The van der Waals surface area contributed by atoms with Gasteiger partial charge in [-0.15, -0.1) is 0 Å². The van der Waals surface area contributed by atoms with Crippen LogP contribution in [-0.2, 0) is 7.05 Å². The molecule has 0 saturated heterocycles. The van der Waals surface area contributed by atoms with Crippen LogP contribution in [0, 0.1) is 0 Å². The molecule has 29 heavy (non-hydrogen) atoms. The number of nitrogens with zero attached hydrogens (tertiary/aromatic N) is 3. The Morgan fingerprint density at radius 1 is 0.759 bits per heavy atom. The van der Waals surface area contributed by atoms with Crippen LogP contribution >= 0.6 is 0 Å². The standard InChI is InChI=1S/C24H17N3O2/c1-26-21-14-8-7-11-17(21)20(22(26)16-9-3-2-4-10-16)15-25-27-23(28)18-12-5-6-13-19(18)24(27)29/h2-15H,1H3/b25-15-. The molecule has 3 aromatic carbocycles. The van der Waals surface area contributed by atoms with E-state index in [1.807, 2.05) is 61.6 Å². The lowest BCUT2D eigenvalue weighted by molar-refractivity contribution is 0.0660. The van der Waals surface area contributed by atoms with E-state index in [1.165, 1.54) is 0 Å². The third-order valence-corrected chi connectivity index (χ3v) is 5.27. The zero-order valence-electron chi connectivity index (χ0n) is 15.7. The minimum absolute atomic E-state index is 0.385. The van der Waals surface area contributed by atoms with Gasteiger partial charge in [0.2, 0.25) is 0 Å². The maximum atomic E-state index is 12.6. The molecule has 2 heterocycles. The second-order valence-electron chi connectivity index (χ2n) is 6.92. The first-order valence-corrected chi connectivity index (χ1v) is 9.31. The number of fused-ring (bicyclic) bond motifs is 2. The molecule has 1 aromatic heterocycles. The number of hydrazone groups is 1. The lowest BCUT2D eigenvalue weighted by Gasteiger charge is -2.08. The van der Waals surface area contributed by atoms with Gasteiger partial charge in [0.15, 0.2) is 0 Å². The van der Waals surface area contributed by atoms with Crippen molar-refractivity contribution in [3.63, 3.8) is 0 Å². The van der Waals surface area contributed by atoms with Crippen LogP contribution in [0.4, 0.5) is 0 Å². The van der Waals surface area contributed by atoms with Gasteiger partial charge in [0.1, 0.15) is 0 Å². The van der Waals surface area contributed by atoms with Crippen molar-refractivity contribution >= 4 is 28.9 Å². The number of rotatable bonds is 3. The van der Waals surface area contributed by atoms with Crippen LogP contribution in [0.15, 0.2) is 84.0 Å². The van der Waals surface area contributed by atoms with Crippen LogP contribution in [0.5, 0.6) is 0 Å². The summed E-state index contributed by atoms with van der Waals surface area (Å²) in [6.45, 7) is 0. The second kappa shape index (κ2) is 6.56. The summed E-state index contributed by atoms with van der Waals surface area (Å²) in [6.07, 6.45) is 1.62. The van der Waals surface area contributed by atoms with Gasteiger partial charge in [-0.3, -0.25) is 9.59 Å². The molecule has 2 amide bonds. The number of aryl methyl sites for hydroxylation is 1. The van der Waals surface area contributed by atoms with Crippen molar-refractivity contribution in [1.82, 2.24) is 9.58 Å². The highest BCUT2D eigenvalue weighted by molar-refractivity contribution is 6.21. The minimum atomic E-state index is -0.400. The summed E-state index contributed by atoms with van der Waals surface area (Å²) in [4.78, 5) is 25.3. The first kappa shape index (κ1) is 17.1. The number of hydrogen-bond donors (Lipinski definition) is 0. The summed E-state index contributed by atoms with van der Waals surface area (Å²) in [6, 6.07) is 24.8. The number of carbonyl (C=O) groups is 2. The lowest BCUT2D eigenvalue weighted by atomic mass is 10.1. The molecule has 5 nitrogen and oxygen atoms in total. The summed E-state index contributed by atoms with van der Waals surface area (Å²) in [5, 5.41) is 6.27. The zero-order valence-corrected chi connectivity index (χ0v) is 15.7. The highest BCUT2D eigenvalue weighted by Gasteiger charge is 2.35. The molecule has 0 bridgehead atoms. The first-order chi connectivity index (χ1) is 14.2. The number of para-hydroxylation sites is 1. The van der Waals surface area contributed by atoms with Crippen molar-refractivity contribution in [2.45, 2.75) is 0 Å². The van der Waals surface area contributed by atoms with E-state index in [0.29, 0.717) is 11.1 Å². The Labute approximate surface area is 167 Å². The van der Waals surface area contributed by atoms with Gasteiger partial charge in [0.25, 0.3) is 11.8 Å². The fraction of sp³-hybridized carbons (Fsp3) is 0.0417. The number of hydrogen-bond acceptors (Lipinski definition) is 3. The topological polar surface area (TPSA) is 54.7 Å². The zero-order chi connectivity index (χ0) is 20.0. The van der Waals surface area contributed by atoms with Gasteiger partial charge >= 0.3 is 0 Å². The maximum Gasteiger partial charge on any atom is 0.282 e. The molecule has 140 valence electrons. The molecule has 0 aliphatic carbocycles. The number of imide groups is 1. The Balaban J connectivity index is 1.65. The Morgan fingerprint density at radius 3 is 2.03 bits per heavy atom. The summed E-state index contributed by atoms with van der Waals surface area (Å²) < 4.78 is 2.11. The van der Waals surface area contributed by atoms with Crippen LogP contribution in [0.3, 0.4) is 0 Å². The molecule has 0 saturated carbocycles. The Kier molecular flexibility index (Phi) is 3.88. The predicted molar refractivity (Wildman–Crippen MR) is 113 cm³/mol. The molecule has 1 aliphatic rings. The largest absolute Gasteiger partial charge is 0.343 e. The molecule has 1 aliphatic heterocycles. The number of aromatic nitrogens is 1. The average molecular weight is 379 g/mol. The third-order valence-electron chi connectivity index (χ3n) is 5.27. The molecule has 4 aromatic rings. The van der Waals surface area contributed by atoms with Gasteiger partial charge in [-0.2, -0.15) is 10.1 Å². The smallest absolute Gasteiger partial charge is 0.282 e. The molecular formula is C24H17N3O2. The van der Waals surface area contributed by atoms with Gasteiger partial charge in [-0.1, -0.05) is 60.7 Å². The van der Waals surface area contributed by atoms with Crippen molar-refractivity contribution in [3.8, 4) is 11.3 Å². The Bertz CT molecular complexity index is 1270. The van der Waals surface area contributed by atoms with Gasteiger partial charge in [0, 0.05) is 23.5 Å². The van der Waals surface area contributed by atoms with Crippen LogP contribution < -0.4 is 0 Å². The second-order valence-corrected chi connectivity index (χ2v) is 6.92. The molecule has 5 heteroatoms. The number of carbonyl (C=O) groups excluding carboxylic acids is 2. The van der Waals surface area contributed by atoms with Crippen LogP contribution in [0.1, 0.15) is 26.3 Å². The fourth-order valence-electron chi connectivity index (χ4n) is 3.90. The number of benzene rings is 3. The van der Waals surface area contributed by atoms with Gasteiger partial charge < -0.3 is 4.57 Å². The van der Waals surface area contributed by atoms with Gasteiger partial charge in [0.05, 0.1) is 23.0 Å². The Morgan fingerprint density at radius 2 is 1.34 bits per heavy atom. The normalized spacial score (nSPS) is 13.6. The van der Waals surface area contributed by atoms with Crippen LogP contribution in [0.25, 0.3) is 22.2 Å². The number of amides is 2. The molecule has 0 atom stereocenters. The molecule has 0 N–H and O–H groups in total. The van der Waals surface area contributed by atoms with Gasteiger partial charge in [-0.05, 0) is 23.8 Å². The van der Waals surface area contributed by atoms with E-state index in [0.717, 1.165) is 32.7 Å². The highest BCUT2D eigenvalue weighted by atomic mass is 16.2. The van der Waals surface area contributed by atoms with Gasteiger partial charge in [-0.25, -0.2) is 0 Å². The minimum Gasteiger partial charge on any atom is -0.343 e. The van der Waals surface area contributed by atoms with E-state index < -0.39 is 11.8 Å². The Hall–Kier alpha value is -3.99. The van der Waals surface area contributed by atoms with E-state index in [9.17, 15) is 9.59 Å². The van der Waals surface area contributed by atoms with Crippen LogP contribution in [-0.4, -0.2) is 27.6 Å². The monoisotopic (exact) mass is 379 g/mol. The molecule has 0 unspecified atom stereocenters. The summed E-state index contributed by atoms with van der Waals surface area (Å²) in [5.74, 6) is -0.799. The quantitative estimate of drug-likeness (QED) is 0.389. The fourth-order valence-corrected chi connectivity index (χ4v) is 3.90. The molecule has 0 radical (unpaired) electrons. The average Bonchev–Trinajstić information content (AvgIpc) is 3.19. The van der Waals surface area contributed by atoms with E-state index >= 15 is 0 Å². The van der Waals surface area contributed by atoms with Crippen molar-refractivity contribution in [1.29, 1.82) is 0 Å². The first-order valence-electron chi connectivity index (χ1n) is 9.31. The summed E-state index contributed by atoms with van der Waals surface area (Å²) in [7, 11) is 2.00. The van der Waals surface area contributed by atoms with E-state index in [4.69, 9.17) is 0 Å².